The van der Waals surface area contributed by atoms with Gasteiger partial charge in [-0.05, 0) is 44.0 Å². The Morgan fingerprint density at radius 3 is 2.26 bits per heavy atom. The average molecular weight is 407 g/mol. The second-order valence-corrected chi connectivity index (χ2v) is 7.32. The molecular weight excluding hydrogens is 383 g/mol. The monoisotopic (exact) mass is 406 g/mol. The van der Waals surface area contributed by atoms with Crippen LogP contribution < -0.4 is 5.32 Å². The van der Waals surface area contributed by atoms with E-state index in [0.717, 1.165) is 16.7 Å². The van der Waals surface area contributed by atoms with Crippen LogP contribution in [-0.2, 0) is 22.6 Å². The molecule has 2 amide bonds. The van der Waals surface area contributed by atoms with Crippen LogP contribution in [-0.4, -0.2) is 29.3 Å². The number of nitrogens with one attached hydrogen (secondary N) is 1. The molecule has 0 aromatic heterocycles. The average Bonchev–Trinajstić information content (AvgIpc) is 2.64. The SMILES string of the molecule is CCNC(=O)[C@H](C)N(Cc1ccc(C)cc1)C(=O)Cc1ccc(Cl)c(Cl)c1. The summed E-state index contributed by atoms with van der Waals surface area (Å²) in [6.45, 7) is 6.48. The van der Waals surface area contributed by atoms with E-state index in [0.29, 0.717) is 23.1 Å². The fourth-order valence-electron chi connectivity index (χ4n) is 2.72. The second kappa shape index (κ2) is 9.77. The highest BCUT2D eigenvalue weighted by Crippen LogP contribution is 2.23. The number of hydrogen-bond acceptors (Lipinski definition) is 2. The van der Waals surface area contributed by atoms with Crippen LogP contribution in [0.2, 0.25) is 10.0 Å². The predicted octanol–water partition coefficient (Wildman–Crippen LogP) is 4.40. The second-order valence-electron chi connectivity index (χ2n) is 6.50. The molecule has 2 aromatic carbocycles. The standard InChI is InChI=1S/C21H24Cl2N2O2/c1-4-24-21(27)15(3)25(13-16-7-5-14(2)6-8-16)20(26)12-17-9-10-18(22)19(23)11-17/h5-11,15H,4,12-13H2,1-3H3,(H,24,27)/t15-/m0/s1. The van der Waals surface area contributed by atoms with Crippen molar-refractivity contribution in [3.05, 3.63) is 69.2 Å². The molecule has 0 aliphatic rings. The summed E-state index contributed by atoms with van der Waals surface area (Å²) in [5.41, 5.74) is 2.87. The van der Waals surface area contributed by atoms with Gasteiger partial charge >= 0.3 is 0 Å². The van der Waals surface area contributed by atoms with Crippen LogP contribution in [0.5, 0.6) is 0 Å². The molecule has 0 heterocycles. The number of likely N-dealkylation sites (N-methyl/N-ethyl adjacent to an activating group) is 1. The predicted molar refractivity (Wildman–Crippen MR) is 110 cm³/mol. The van der Waals surface area contributed by atoms with E-state index >= 15 is 0 Å². The molecule has 0 unspecified atom stereocenters. The lowest BCUT2D eigenvalue weighted by Gasteiger charge is -2.29. The molecule has 0 saturated heterocycles. The summed E-state index contributed by atoms with van der Waals surface area (Å²) in [7, 11) is 0. The van der Waals surface area contributed by atoms with Crippen molar-refractivity contribution in [2.24, 2.45) is 0 Å². The Kier molecular flexibility index (Phi) is 7.69. The maximum Gasteiger partial charge on any atom is 0.242 e. The highest BCUT2D eigenvalue weighted by molar-refractivity contribution is 6.42. The Morgan fingerprint density at radius 1 is 1.04 bits per heavy atom. The number of carbonyl (C=O) groups is 2. The summed E-state index contributed by atoms with van der Waals surface area (Å²) in [6.07, 6.45) is 0.145. The topological polar surface area (TPSA) is 49.4 Å². The molecule has 0 spiro atoms. The van der Waals surface area contributed by atoms with Gasteiger partial charge in [-0.25, -0.2) is 0 Å². The molecule has 1 atom stereocenters. The van der Waals surface area contributed by atoms with Crippen LogP contribution >= 0.6 is 23.2 Å². The summed E-state index contributed by atoms with van der Waals surface area (Å²) in [6, 6.07) is 12.5. The van der Waals surface area contributed by atoms with E-state index in [1.54, 1.807) is 30.0 Å². The number of rotatable bonds is 7. The van der Waals surface area contributed by atoms with Crippen molar-refractivity contribution in [3.63, 3.8) is 0 Å². The highest BCUT2D eigenvalue weighted by atomic mass is 35.5. The fourth-order valence-corrected chi connectivity index (χ4v) is 3.04. The van der Waals surface area contributed by atoms with Crippen LogP contribution in [0.4, 0.5) is 0 Å². The molecule has 144 valence electrons. The lowest BCUT2D eigenvalue weighted by atomic mass is 10.1. The number of benzene rings is 2. The number of hydrogen-bond donors (Lipinski definition) is 1. The van der Waals surface area contributed by atoms with Gasteiger partial charge < -0.3 is 10.2 Å². The van der Waals surface area contributed by atoms with Crippen LogP contribution in [0, 0.1) is 6.92 Å². The number of nitrogens with zero attached hydrogens (tertiary/aromatic N) is 1. The van der Waals surface area contributed by atoms with Gasteiger partial charge in [0.1, 0.15) is 6.04 Å². The third-order valence-electron chi connectivity index (χ3n) is 4.33. The highest BCUT2D eigenvalue weighted by Gasteiger charge is 2.26. The van der Waals surface area contributed by atoms with E-state index in [-0.39, 0.29) is 18.2 Å². The number of carbonyl (C=O) groups excluding carboxylic acids is 2. The number of aryl methyl sites for hydroxylation is 1. The Morgan fingerprint density at radius 2 is 1.67 bits per heavy atom. The van der Waals surface area contributed by atoms with Gasteiger partial charge in [-0.3, -0.25) is 9.59 Å². The van der Waals surface area contributed by atoms with Gasteiger partial charge in [0.15, 0.2) is 0 Å². The van der Waals surface area contributed by atoms with Crippen molar-refractivity contribution >= 4 is 35.0 Å². The van der Waals surface area contributed by atoms with Gasteiger partial charge in [0.05, 0.1) is 16.5 Å². The smallest absolute Gasteiger partial charge is 0.242 e. The summed E-state index contributed by atoms with van der Waals surface area (Å²) in [4.78, 5) is 26.9. The first-order valence-corrected chi connectivity index (χ1v) is 9.64. The van der Waals surface area contributed by atoms with E-state index in [1.165, 1.54) is 0 Å². The van der Waals surface area contributed by atoms with Gasteiger partial charge in [-0.15, -0.1) is 0 Å². The van der Waals surface area contributed by atoms with E-state index < -0.39 is 6.04 Å². The Bertz CT molecular complexity index is 806. The third-order valence-corrected chi connectivity index (χ3v) is 5.07. The van der Waals surface area contributed by atoms with Gasteiger partial charge in [0.2, 0.25) is 11.8 Å². The van der Waals surface area contributed by atoms with Gasteiger partial charge in [0, 0.05) is 13.1 Å². The van der Waals surface area contributed by atoms with Crippen LogP contribution in [0.25, 0.3) is 0 Å². The zero-order valence-electron chi connectivity index (χ0n) is 15.8. The minimum absolute atomic E-state index is 0.145. The van der Waals surface area contributed by atoms with Gasteiger partial charge in [-0.2, -0.15) is 0 Å². The third kappa shape index (κ3) is 5.98. The molecule has 1 N–H and O–H groups in total. The molecule has 0 radical (unpaired) electrons. The maximum atomic E-state index is 13.0. The number of amides is 2. The summed E-state index contributed by atoms with van der Waals surface area (Å²) in [5, 5.41) is 3.64. The van der Waals surface area contributed by atoms with Crippen molar-refractivity contribution in [1.82, 2.24) is 10.2 Å². The van der Waals surface area contributed by atoms with Crippen molar-refractivity contribution in [2.75, 3.05) is 6.54 Å². The first-order chi connectivity index (χ1) is 12.8. The van der Waals surface area contributed by atoms with Crippen molar-refractivity contribution < 1.29 is 9.59 Å². The molecule has 2 aromatic rings. The molecule has 0 aliphatic heterocycles. The first kappa shape index (κ1) is 21.3. The molecular formula is C21H24Cl2N2O2. The number of halogens is 2. The summed E-state index contributed by atoms with van der Waals surface area (Å²) >= 11 is 12.0. The molecule has 0 bridgehead atoms. The Labute approximate surface area is 170 Å². The zero-order valence-corrected chi connectivity index (χ0v) is 17.3. The maximum absolute atomic E-state index is 13.0. The van der Waals surface area contributed by atoms with Gasteiger partial charge in [-0.1, -0.05) is 59.1 Å². The molecule has 2 rings (SSSR count). The van der Waals surface area contributed by atoms with E-state index in [4.69, 9.17) is 23.2 Å². The Hall–Kier alpha value is -2.04. The molecule has 0 saturated carbocycles. The van der Waals surface area contributed by atoms with Crippen LogP contribution in [0.1, 0.15) is 30.5 Å². The summed E-state index contributed by atoms with van der Waals surface area (Å²) < 4.78 is 0. The molecule has 27 heavy (non-hydrogen) atoms. The summed E-state index contributed by atoms with van der Waals surface area (Å²) in [5.74, 6) is -0.320. The minimum Gasteiger partial charge on any atom is -0.355 e. The van der Waals surface area contributed by atoms with Crippen molar-refractivity contribution in [3.8, 4) is 0 Å². The Balaban J connectivity index is 2.23. The quantitative estimate of drug-likeness (QED) is 0.740. The lowest BCUT2D eigenvalue weighted by Crippen LogP contribution is -2.48. The zero-order chi connectivity index (χ0) is 20.0. The fraction of sp³-hybridized carbons (Fsp3) is 0.333. The largest absolute Gasteiger partial charge is 0.355 e. The first-order valence-electron chi connectivity index (χ1n) is 8.88. The van der Waals surface area contributed by atoms with E-state index in [2.05, 4.69) is 5.32 Å². The van der Waals surface area contributed by atoms with Crippen LogP contribution in [0.3, 0.4) is 0 Å². The van der Waals surface area contributed by atoms with Gasteiger partial charge in [0.25, 0.3) is 0 Å². The van der Waals surface area contributed by atoms with E-state index in [1.807, 2.05) is 38.1 Å². The molecule has 4 nitrogen and oxygen atoms in total. The van der Waals surface area contributed by atoms with Crippen molar-refractivity contribution in [2.45, 2.75) is 39.8 Å². The normalized spacial score (nSPS) is 11.7. The lowest BCUT2D eigenvalue weighted by molar-refractivity contribution is -0.140. The van der Waals surface area contributed by atoms with E-state index in [9.17, 15) is 9.59 Å². The minimum atomic E-state index is -0.582. The molecule has 0 aliphatic carbocycles. The molecule has 6 heteroatoms. The molecule has 0 fully saturated rings. The van der Waals surface area contributed by atoms with Crippen molar-refractivity contribution in [1.29, 1.82) is 0 Å². The van der Waals surface area contributed by atoms with Crippen LogP contribution in [0.15, 0.2) is 42.5 Å².